The number of hydrogen-bond acceptors (Lipinski definition) is 5. The predicted molar refractivity (Wildman–Crippen MR) is 143 cm³/mol. The van der Waals surface area contributed by atoms with E-state index in [2.05, 4.69) is 15.7 Å². The number of amides is 2. The highest BCUT2D eigenvalue weighted by Gasteiger charge is 2.46. The second kappa shape index (κ2) is 11.1. The fourth-order valence-electron chi connectivity index (χ4n) is 6.16. The van der Waals surface area contributed by atoms with Gasteiger partial charge in [-0.15, -0.1) is 0 Å². The second-order valence-corrected chi connectivity index (χ2v) is 13.1. The average molecular weight is 582 g/mol. The molecule has 0 radical (unpaired) electrons. The number of nitrogens with zero attached hydrogens (tertiary/aromatic N) is 3. The molecule has 0 spiro atoms. The van der Waals surface area contributed by atoms with Crippen molar-refractivity contribution in [1.82, 2.24) is 25.2 Å². The zero-order chi connectivity index (χ0) is 29.6. The van der Waals surface area contributed by atoms with Crippen LogP contribution in [0.5, 0.6) is 0 Å². The van der Waals surface area contributed by atoms with Crippen LogP contribution < -0.4 is 10.6 Å². The summed E-state index contributed by atoms with van der Waals surface area (Å²) in [5.74, 6) is -5.99. The molecule has 0 saturated heterocycles. The lowest BCUT2D eigenvalue weighted by molar-refractivity contribution is -0.134. The van der Waals surface area contributed by atoms with Gasteiger partial charge in [-0.2, -0.15) is 5.10 Å². The van der Waals surface area contributed by atoms with Crippen molar-refractivity contribution < 1.29 is 31.9 Å². The first-order valence-electron chi connectivity index (χ1n) is 14.6. The number of halogens is 4. The highest BCUT2D eigenvalue weighted by molar-refractivity contribution is 5.77. The molecule has 3 fully saturated rings. The maximum absolute atomic E-state index is 13.9. The van der Waals surface area contributed by atoms with Gasteiger partial charge in [-0.1, -0.05) is 6.42 Å². The summed E-state index contributed by atoms with van der Waals surface area (Å²) in [5.41, 5.74) is 1.02. The summed E-state index contributed by atoms with van der Waals surface area (Å²) < 4.78 is 61.4. The van der Waals surface area contributed by atoms with Gasteiger partial charge in [0.2, 0.25) is 17.8 Å². The minimum Gasteiger partial charge on any atom is -0.444 e. The first-order valence-corrected chi connectivity index (χ1v) is 14.6. The number of fused-ring (bicyclic) bond motifs is 1. The Morgan fingerprint density at radius 3 is 2.27 bits per heavy atom. The molecule has 2 aromatic rings. The number of rotatable bonds is 8. The third-order valence-electron chi connectivity index (χ3n) is 8.53. The lowest BCUT2D eigenvalue weighted by Crippen LogP contribution is -2.41. The third kappa shape index (κ3) is 7.30. The number of ether oxygens (including phenoxy) is 1. The van der Waals surface area contributed by atoms with Crippen molar-refractivity contribution in [3.63, 3.8) is 0 Å². The van der Waals surface area contributed by atoms with Crippen molar-refractivity contribution in [3.8, 4) is 0 Å². The Bertz CT molecular complexity index is 1250. The Labute approximate surface area is 237 Å². The smallest absolute Gasteiger partial charge is 0.408 e. The number of carbonyl (C=O) groups excluding carboxylic acids is 2. The molecule has 3 aliphatic carbocycles. The molecule has 0 aromatic carbocycles. The van der Waals surface area contributed by atoms with Crippen LogP contribution in [0, 0.1) is 17.8 Å². The molecule has 3 aliphatic rings. The van der Waals surface area contributed by atoms with Crippen molar-refractivity contribution in [2.75, 3.05) is 0 Å². The summed E-state index contributed by atoms with van der Waals surface area (Å²) in [6, 6.07) is 0.871. The van der Waals surface area contributed by atoms with E-state index in [0.717, 1.165) is 24.8 Å². The highest BCUT2D eigenvalue weighted by Crippen LogP contribution is 2.45. The minimum absolute atomic E-state index is 0.0699. The third-order valence-corrected chi connectivity index (χ3v) is 8.53. The summed E-state index contributed by atoms with van der Waals surface area (Å²) in [5, 5.41) is 10.4. The summed E-state index contributed by atoms with van der Waals surface area (Å²) in [4.78, 5) is 30.2. The largest absolute Gasteiger partial charge is 0.444 e. The van der Waals surface area contributed by atoms with Gasteiger partial charge >= 0.3 is 6.09 Å². The molecule has 1 unspecified atom stereocenters. The van der Waals surface area contributed by atoms with E-state index in [1.807, 2.05) is 6.07 Å². The Morgan fingerprint density at radius 2 is 1.68 bits per heavy atom. The van der Waals surface area contributed by atoms with E-state index in [1.165, 1.54) is 0 Å². The van der Waals surface area contributed by atoms with Crippen LogP contribution in [0.1, 0.15) is 108 Å². The second-order valence-electron chi connectivity index (χ2n) is 13.1. The Morgan fingerprint density at radius 1 is 1.02 bits per heavy atom. The van der Waals surface area contributed by atoms with E-state index in [9.17, 15) is 27.2 Å². The van der Waals surface area contributed by atoms with Crippen LogP contribution in [0.15, 0.2) is 18.5 Å². The van der Waals surface area contributed by atoms with E-state index >= 15 is 0 Å². The fraction of sp³-hybridized carbons (Fsp3) is 0.724. The van der Waals surface area contributed by atoms with Gasteiger partial charge in [-0.3, -0.25) is 4.79 Å². The van der Waals surface area contributed by atoms with Gasteiger partial charge in [0, 0.05) is 32.1 Å². The fourth-order valence-corrected chi connectivity index (χ4v) is 6.16. The summed E-state index contributed by atoms with van der Waals surface area (Å²) >= 11 is 0. The van der Waals surface area contributed by atoms with E-state index < -0.39 is 29.6 Å². The molecule has 226 valence electrons. The number of imidazole rings is 1. The van der Waals surface area contributed by atoms with Gasteiger partial charge in [0.15, 0.2) is 5.65 Å². The number of hydrogen-bond donors (Lipinski definition) is 2. The van der Waals surface area contributed by atoms with E-state index in [-0.39, 0.29) is 74.6 Å². The van der Waals surface area contributed by atoms with Crippen molar-refractivity contribution in [2.24, 2.45) is 17.8 Å². The van der Waals surface area contributed by atoms with E-state index in [1.54, 1.807) is 37.7 Å². The lowest BCUT2D eigenvalue weighted by Gasteiger charge is -2.37. The van der Waals surface area contributed by atoms with Gasteiger partial charge in [-0.05, 0) is 75.8 Å². The van der Waals surface area contributed by atoms with E-state index in [0.29, 0.717) is 11.3 Å². The molecule has 2 N–H and O–H groups in total. The first-order chi connectivity index (χ1) is 19.2. The van der Waals surface area contributed by atoms with Crippen LogP contribution in [0.2, 0.25) is 0 Å². The van der Waals surface area contributed by atoms with Gasteiger partial charge in [0.25, 0.3) is 0 Å². The molecule has 41 heavy (non-hydrogen) atoms. The summed E-state index contributed by atoms with van der Waals surface area (Å²) in [6.45, 7) is 5.24. The normalized spacial score (nSPS) is 22.8. The molecule has 12 heteroatoms. The Hall–Kier alpha value is -2.92. The molecule has 3 saturated carbocycles. The number of carbonyl (C=O) groups is 2. The predicted octanol–water partition coefficient (Wildman–Crippen LogP) is 6.51. The molecule has 2 amide bonds. The zero-order valence-corrected chi connectivity index (χ0v) is 23.8. The minimum atomic E-state index is -2.72. The molecule has 0 bridgehead atoms. The molecular weight excluding hydrogens is 542 g/mol. The van der Waals surface area contributed by atoms with Crippen LogP contribution in [0.25, 0.3) is 5.65 Å². The Balaban J connectivity index is 1.36. The molecule has 0 aliphatic heterocycles. The molecular formula is C29H39F4N5O3. The molecule has 2 atom stereocenters. The number of nitrogens with one attached hydrogen (secondary N) is 2. The standard InChI is InChI=1S/C29H39F4N5O3/c1-27(2,3)41-26(40)37-25(19-7-9-28(30,31)10-8-19)21-16-38-22(35-21)12-20(15-34-38)24(18-5-4-6-18)36-23(39)11-17-13-29(32,33)14-17/h12,15-19,24-25H,4-11,13-14H2,1-3H3,(H,36,39)(H,37,40)/t24?,25-/m0/s1. The molecule has 8 nitrogen and oxygen atoms in total. The quantitative estimate of drug-likeness (QED) is 0.346. The topological polar surface area (TPSA) is 97.6 Å². The maximum atomic E-state index is 13.9. The molecule has 2 aromatic heterocycles. The van der Waals surface area contributed by atoms with Gasteiger partial charge < -0.3 is 15.4 Å². The van der Waals surface area contributed by atoms with Crippen molar-refractivity contribution >= 4 is 17.6 Å². The van der Waals surface area contributed by atoms with Gasteiger partial charge in [-0.25, -0.2) is 31.9 Å². The van der Waals surface area contributed by atoms with Crippen LogP contribution in [-0.4, -0.2) is 44.0 Å². The molecule has 2 heterocycles. The SMILES string of the molecule is CC(C)(C)OC(=O)N[C@H](c1cn2ncc(C(NC(=O)CC3CC(F)(F)C3)C3CCC3)cc2n1)C1CCC(F)(F)CC1. The van der Waals surface area contributed by atoms with E-state index in [4.69, 9.17) is 9.72 Å². The molecule has 5 rings (SSSR count). The van der Waals surface area contributed by atoms with Crippen LogP contribution in [0.4, 0.5) is 22.4 Å². The van der Waals surface area contributed by atoms with Crippen LogP contribution in [-0.2, 0) is 9.53 Å². The maximum Gasteiger partial charge on any atom is 0.408 e. The summed E-state index contributed by atoms with van der Waals surface area (Å²) in [6.07, 6.45) is 5.10. The van der Waals surface area contributed by atoms with Gasteiger partial charge in [0.1, 0.15) is 5.60 Å². The van der Waals surface area contributed by atoms with Crippen LogP contribution >= 0.6 is 0 Å². The van der Waals surface area contributed by atoms with Crippen molar-refractivity contribution in [1.29, 1.82) is 0 Å². The average Bonchev–Trinajstić information content (AvgIpc) is 3.22. The van der Waals surface area contributed by atoms with Crippen LogP contribution in [0.3, 0.4) is 0 Å². The van der Waals surface area contributed by atoms with Crippen molar-refractivity contribution in [3.05, 3.63) is 29.7 Å². The highest BCUT2D eigenvalue weighted by atomic mass is 19.3. The van der Waals surface area contributed by atoms with Crippen molar-refractivity contribution in [2.45, 2.75) is 115 Å². The number of alkyl carbamates (subject to hydrolysis) is 1. The number of aromatic nitrogens is 3. The number of alkyl halides is 4. The lowest BCUT2D eigenvalue weighted by atomic mass is 9.76. The summed E-state index contributed by atoms with van der Waals surface area (Å²) in [7, 11) is 0. The van der Waals surface area contributed by atoms with Gasteiger partial charge in [0.05, 0.1) is 30.2 Å². The monoisotopic (exact) mass is 581 g/mol. The zero-order valence-electron chi connectivity index (χ0n) is 23.8. The Kier molecular flexibility index (Phi) is 7.97. The first kappa shape index (κ1) is 29.6.